The van der Waals surface area contributed by atoms with E-state index < -0.39 is 0 Å². The van der Waals surface area contributed by atoms with Crippen molar-refractivity contribution in [1.82, 2.24) is 15.2 Å². The zero-order chi connectivity index (χ0) is 19.2. The smallest absolute Gasteiger partial charge is 0.237 e. The van der Waals surface area contributed by atoms with Crippen LogP contribution in [0.5, 0.6) is 5.75 Å². The molecule has 6 nitrogen and oxygen atoms in total. The maximum atomic E-state index is 12.4. The van der Waals surface area contributed by atoms with Gasteiger partial charge in [0, 0.05) is 11.3 Å². The number of hydrogen-bond donors (Lipinski definition) is 2. The van der Waals surface area contributed by atoms with Gasteiger partial charge in [-0.3, -0.25) is 9.89 Å². The molecule has 0 fully saturated rings. The Morgan fingerprint density at radius 1 is 1.19 bits per heavy atom. The number of carbonyl (C=O) groups is 1. The van der Waals surface area contributed by atoms with E-state index in [2.05, 4.69) is 20.5 Å². The molecule has 0 spiro atoms. The molecular weight excluding hydrogens is 360 g/mol. The van der Waals surface area contributed by atoms with Gasteiger partial charge in [0.15, 0.2) is 5.82 Å². The number of amides is 1. The quantitative estimate of drug-likeness (QED) is 0.596. The Morgan fingerprint density at radius 3 is 2.56 bits per heavy atom. The summed E-state index contributed by atoms with van der Waals surface area (Å²) in [5.74, 6) is 1.37. The van der Waals surface area contributed by atoms with E-state index in [0.29, 0.717) is 17.6 Å². The minimum Gasteiger partial charge on any atom is -0.494 e. The van der Waals surface area contributed by atoms with E-state index >= 15 is 0 Å². The van der Waals surface area contributed by atoms with Gasteiger partial charge in [-0.2, -0.15) is 0 Å². The lowest BCUT2D eigenvalue weighted by molar-refractivity contribution is -0.115. The highest BCUT2D eigenvalue weighted by molar-refractivity contribution is 8.00. The van der Waals surface area contributed by atoms with Crippen molar-refractivity contribution in [3.63, 3.8) is 0 Å². The van der Waals surface area contributed by atoms with Crippen molar-refractivity contribution in [3.05, 3.63) is 54.1 Å². The van der Waals surface area contributed by atoms with Gasteiger partial charge in [0.1, 0.15) is 5.75 Å². The van der Waals surface area contributed by atoms with Crippen LogP contribution in [-0.2, 0) is 4.79 Å². The van der Waals surface area contributed by atoms with Crippen molar-refractivity contribution in [3.8, 4) is 17.1 Å². The van der Waals surface area contributed by atoms with Crippen LogP contribution < -0.4 is 10.1 Å². The number of aryl methyl sites for hydroxylation is 1. The first-order valence-corrected chi connectivity index (χ1v) is 9.63. The van der Waals surface area contributed by atoms with Crippen LogP contribution in [0.2, 0.25) is 0 Å². The normalized spacial score (nSPS) is 11.8. The van der Waals surface area contributed by atoms with Gasteiger partial charge in [-0.05, 0) is 45.0 Å². The van der Waals surface area contributed by atoms with Gasteiger partial charge >= 0.3 is 0 Å². The topological polar surface area (TPSA) is 79.9 Å². The van der Waals surface area contributed by atoms with E-state index in [1.165, 1.54) is 17.3 Å². The van der Waals surface area contributed by atoms with E-state index in [4.69, 9.17) is 4.74 Å². The van der Waals surface area contributed by atoms with E-state index in [-0.39, 0.29) is 11.2 Å². The fourth-order valence-corrected chi connectivity index (χ4v) is 3.12. The number of hydrogen-bond acceptors (Lipinski definition) is 5. The molecule has 3 rings (SSSR count). The van der Waals surface area contributed by atoms with Gasteiger partial charge in [-0.25, -0.2) is 4.98 Å². The first-order valence-electron chi connectivity index (χ1n) is 8.75. The van der Waals surface area contributed by atoms with Gasteiger partial charge in [0.05, 0.1) is 11.9 Å². The number of H-pyrrole nitrogens is 1. The summed E-state index contributed by atoms with van der Waals surface area (Å²) in [5, 5.41) is 10.2. The first kappa shape index (κ1) is 19.0. The van der Waals surface area contributed by atoms with Crippen molar-refractivity contribution in [2.24, 2.45) is 0 Å². The predicted octanol–water partition coefficient (Wildman–Crippen LogP) is 4.30. The Hall–Kier alpha value is -2.80. The van der Waals surface area contributed by atoms with Gasteiger partial charge < -0.3 is 10.1 Å². The molecular formula is C20H22N4O2S. The van der Waals surface area contributed by atoms with Crippen molar-refractivity contribution in [2.45, 2.75) is 31.2 Å². The molecule has 27 heavy (non-hydrogen) atoms. The van der Waals surface area contributed by atoms with Crippen LogP contribution in [0, 0.1) is 6.92 Å². The molecule has 0 saturated heterocycles. The van der Waals surface area contributed by atoms with Crippen molar-refractivity contribution in [1.29, 1.82) is 0 Å². The van der Waals surface area contributed by atoms with Gasteiger partial charge in [0.2, 0.25) is 11.1 Å². The number of carbonyl (C=O) groups excluding carboxylic acids is 1. The summed E-state index contributed by atoms with van der Waals surface area (Å²) in [5.41, 5.74) is 2.88. The SMILES string of the molecule is CCOc1ccc(NC(=O)[C@H](C)Sc2n[nH]c(-c3ccc(C)cc3)n2)cc1. The fraction of sp³-hybridized carbons (Fsp3) is 0.250. The molecule has 3 aromatic rings. The minimum absolute atomic E-state index is 0.106. The van der Waals surface area contributed by atoms with Crippen LogP contribution in [0.25, 0.3) is 11.4 Å². The van der Waals surface area contributed by atoms with Crippen LogP contribution in [0.15, 0.2) is 53.7 Å². The van der Waals surface area contributed by atoms with Gasteiger partial charge in [0.25, 0.3) is 0 Å². The summed E-state index contributed by atoms with van der Waals surface area (Å²) in [6.07, 6.45) is 0. The average molecular weight is 382 g/mol. The molecule has 140 valence electrons. The number of aromatic amines is 1. The lowest BCUT2D eigenvalue weighted by Gasteiger charge is -2.10. The molecule has 0 saturated carbocycles. The molecule has 2 aromatic carbocycles. The van der Waals surface area contributed by atoms with E-state index in [1.807, 2.05) is 69.3 Å². The van der Waals surface area contributed by atoms with Gasteiger partial charge in [-0.1, -0.05) is 41.6 Å². The van der Waals surface area contributed by atoms with Crippen molar-refractivity contribution >= 4 is 23.4 Å². The zero-order valence-electron chi connectivity index (χ0n) is 15.5. The predicted molar refractivity (Wildman–Crippen MR) is 108 cm³/mol. The second kappa shape index (κ2) is 8.73. The number of thioether (sulfide) groups is 1. The molecule has 1 atom stereocenters. The molecule has 0 radical (unpaired) electrons. The third-order valence-electron chi connectivity index (χ3n) is 3.87. The Morgan fingerprint density at radius 2 is 1.89 bits per heavy atom. The number of nitrogens with one attached hydrogen (secondary N) is 2. The van der Waals surface area contributed by atoms with Gasteiger partial charge in [-0.15, -0.1) is 5.10 Å². The second-order valence-corrected chi connectivity index (χ2v) is 7.35. The maximum Gasteiger partial charge on any atom is 0.237 e. The molecule has 0 unspecified atom stereocenters. The lowest BCUT2D eigenvalue weighted by Crippen LogP contribution is -2.22. The third-order valence-corrected chi connectivity index (χ3v) is 4.84. The molecule has 2 N–H and O–H groups in total. The summed E-state index contributed by atoms with van der Waals surface area (Å²) in [4.78, 5) is 16.9. The van der Waals surface area contributed by atoms with E-state index in [1.54, 1.807) is 0 Å². The standard InChI is InChI=1S/C20H22N4O2S/c1-4-26-17-11-9-16(10-12-17)21-19(25)14(3)27-20-22-18(23-24-20)15-7-5-13(2)6-8-15/h5-12,14H,4H2,1-3H3,(H,21,25)(H,22,23,24)/t14-/m0/s1. The number of anilines is 1. The summed E-state index contributed by atoms with van der Waals surface area (Å²) in [7, 11) is 0. The summed E-state index contributed by atoms with van der Waals surface area (Å²) in [6, 6.07) is 15.3. The fourth-order valence-electron chi connectivity index (χ4n) is 2.40. The second-order valence-electron chi connectivity index (χ2n) is 6.04. The van der Waals surface area contributed by atoms with Crippen LogP contribution >= 0.6 is 11.8 Å². The summed E-state index contributed by atoms with van der Waals surface area (Å²) < 4.78 is 5.40. The molecule has 0 aliphatic heterocycles. The third kappa shape index (κ3) is 5.10. The summed E-state index contributed by atoms with van der Waals surface area (Å²) >= 11 is 1.31. The highest BCUT2D eigenvalue weighted by Crippen LogP contribution is 2.24. The van der Waals surface area contributed by atoms with E-state index in [9.17, 15) is 4.79 Å². The molecule has 1 amide bonds. The number of ether oxygens (including phenoxy) is 1. The van der Waals surface area contributed by atoms with E-state index in [0.717, 1.165) is 17.0 Å². The Balaban J connectivity index is 1.58. The van der Waals surface area contributed by atoms with Crippen LogP contribution in [0.3, 0.4) is 0 Å². The number of aromatic nitrogens is 3. The highest BCUT2D eigenvalue weighted by atomic mass is 32.2. The number of rotatable bonds is 7. The largest absolute Gasteiger partial charge is 0.494 e. The number of nitrogens with zero attached hydrogens (tertiary/aromatic N) is 2. The van der Waals surface area contributed by atoms with Crippen molar-refractivity contribution < 1.29 is 9.53 Å². The molecule has 1 heterocycles. The molecule has 0 aliphatic carbocycles. The molecule has 1 aromatic heterocycles. The van der Waals surface area contributed by atoms with Crippen LogP contribution in [0.1, 0.15) is 19.4 Å². The molecule has 7 heteroatoms. The first-order chi connectivity index (χ1) is 13.0. The summed E-state index contributed by atoms with van der Waals surface area (Å²) in [6.45, 7) is 6.41. The zero-order valence-corrected chi connectivity index (χ0v) is 16.3. The Bertz CT molecular complexity index is 891. The molecule has 0 bridgehead atoms. The lowest BCUT2D eigenvalue weighted by atomic mass is 10.1. The average Bonchev–Trinajstić information content (AvgIpc) is 3.12. The molecule has 0 aliphatic rings. The number of benzene rings is 2. The van der Waals surface area contributed by atoms with Crippen LogP contribution in [-0.4, -0.2) is 32.9 Å². The monoisotopic (exact) mass is 382 g/mol. The minimum atomic E-state index is -0.335. The Kier molecular flexibility index (Phi) is 6.13. The highest BCUT2D eigenvalue weighted by Gasteiger charge is 2.17. The maximum absolute atomic E-state index is 12.4. The Labute approximate surface area is 162 Å². The van der Waals surface area contributed by atoms with Crippen molar-refractivity contribution in [2.75, 3.05) is 11.9 Å². The van der Waals surface area contributed by atoms with Crippen LogP contribution in [0.4, 0.5) is 5.69 Å².